The topological polar surface area (TPSA) is 30.2 Å². The van der Waals surface area contributed by atoms with Crippen molar-refractivity contribution < 1.29 is 13.6 Å². The van der Waals surface area contributed by atoms with Crippen LogP contribution >= 0.6 is 23.2 Å². The summed E-state index contributed by atoms with van der Waals surface area (Å²) in [5.41, 5.74) is 0.522. The minimum atomic E-state index is -0.671. The first-order chi connectivity index (χ1) is 7.99. The van der Waals surface area contributed by atoms with Crippen molar-refractivity contribution in [2.75, 3.05) is 0 Å². The molecule has 0 saturated carbocycles. The monoisotopic (exact) mass is 272 g/mol. The summed E-state index contributed by atoms with van der Waals surface area (Å²) in [6.45, 7) is 1.40. The predicted molar refractivity (Wildman–Crippen MR) is 64.1 cm³/mol. The van der Waals surface area contributed by atoms with Crippen LogP contribution in [0.25, 0.3) is 11.3 Å². The molecule has 17 heavy (non-hydrogen) atoms. The SMILES string of the molecule is CC(=O)c1ccc(-c2cc(Cl)c(F)c(Cl)c2)o1. The van der Waals surface area contributed by atoms with Crippen molar-refractivity contribution in [2.24, 2.45) is 0 Å². The van der Waals surface area contributed by atoms with Crippen LogP contribution in [0.1, 0.15) is 17.5 Å². The van der Waals surface area contributed by atoms with E-state index < -0.39 is 5.82 Å². The smallest absolute Gasteiger partial charge is 0.194 e. The highest BCUT2D eigenvalue weighted by Gasteiger charge is 2.12. The van der Waals surface area contributed by atoms with Crippen LogP contribution in [0.3, 0.4) is 0 Å². The fourth-order valence-electron chi connectivity index (χ4n) is 1.38. The molecule has 1 aromatic carbocycles. The number of furan rings is 1. The fourth-order valence-corrected chi connectivity index (χ4v) is 1.87. The third kappa shape index (κ3) is 2.35. The number of benzene rings is 1. The highest BCUT2D eigenvalue weighted by Crippen LogP contribution is 2.31. The van der Waals surface area contributed by atoms with Crippen LogP contribution in [0.4, 0.5) is 4.39 Å². The van der Waals surface area contributed by atoms with Gasteiger partial charge in [0.25, 0.3) is 0 Å². The summed E-state index contributed by atoms with van der Waals surface area (Å²) in [6.07, 6.45) is 0. The summed E-state index contributed by atoms with van der Waals surface area (Å²) in [4.78, 5) is 11.1. The van der Waals surface area contributed by atoms with Crippen molar-refractivity contribution in [3.05, 3.63) is 45.9 Å². The number of hydrogen-bond donors (Lipinski definition) is 0. The average Bonchev–Trinajstić information content (AvgIpc) is 2.74. The van der Waals surface area contributed by atoms with Crippen LogP contribution in [0.5, 0.6) is 0 Å². The zero-order chi connectivity index (χ0) is 12.6. The molecule has 1 heterocycles. The quantitative estimate of drug-likeness (QED) is 0.591. The molecule has 1 aromatic heterocycles. The van der Waals surface area contributed by atoms with Gasteiger partial charge in [-0.15, -0.1) is 0 Å². The van der Waals surface area contributed by atoms with E-state index in [0.29, 0.717) is 11.3 Å². The van der Waals surface area contributed by atoms with E-state index in [2.05, 4.69) is 0 Å². The van der Waals surface area contributed by atoms with E-state index >= 15 is 0 Å². The number of Topliss-reactive ketones (excluding diaryl/α,β-unsaturated/α-hetero) is 1. The lowest BCUT2D eigenvalue weighted by atomic mass is 10.2. The lowest BCUT2D eigenvalue weighted by Crippen LogP contribution is -1.86. The van der Waals surface area contributed by atoms with Gasteiger partial charge in [-0.25, -0.2) is 4.39 Å². The molecular weight excluding hydrogens is 266 g/mol. The third-order valence-corrected chi connectivity index (χ3v) is 2.77. The van der Waals surface area contributed by atoms with Crippen LogP contribution in [-0.4, -0.2) is 5.78 Å². The van der Waals surface area contributed by atoms with Crippen molar-refractivity contribution in [3.8, 4) is 11.3 Å². The summed E-state index contributed by atoms with van der Waals surface area (Å²) in [5, 5.41) is -0.179. The average molecular weight is 273 g/mol. The lowest BCUT2D eigenvalue weighted by molar-refractivity contribution is 0.0988. The molecule has 0 spiro atoms. The first kappa shape index (κ1) is 12.1. The van der Waals surface area contributed by atoms with E-state index in [1.165, 1.54) is 19.1 Å². The van der Waals surface area contributed by atoms with E-state index in [0.717, 1.165) is 0 Å². The molecule has 0 N–H and O–H groups in total. The number of halogens is 3. The molecule has 0 radical (unpaired) electrons. The molecular formula is C12H7Cl2FO2. The molecule has 0 fully saturated rings. The maximum absolute atomic E-state index is 13.2. The summed E-state index contributed by atoms with van der Waals surface area (Å²) < 4.78 is 18.5. The van der Waals surface area contributed by atoms with Crippen molar-refractivity contribution in [1.29, 1.82) is 0 Å². The Labute approximate surface area is 107 Å². The highest BCUT2D eigenvalue weighted by molar-refractivity contribution is 6.35. The van der Waals surface area contributed by atoms with Gasteiger partial charge in [-0.1, -0.05) is 23.2 Å². The first-order valence-electron chi connectivity index (χ1n) is 4.74. The number of hydrogen-bond acceptors (Lipinski definition) is 2. The molecule has 0 aliphatic rings. The molecule has 0 bridgehead atoms. The maximum Gasteiger partial charge on any atom is 0.194 e. The Kier molecular flexibility index (Phi) is 3.22. The summed E-state index contributed by atoms with van der Waals surface area (Å²) >= 11 is 11.3. The van der Waals surface area contributed by atoms with Gasteiger partial charge in [-0.2, -0.15) is 0 Å². The van der Waals surface area contributed by atoms with E-state index in [9.17, 15) is 9.18 Å². The third-order valence-electron chi connectivity index (χ3n) is 2.22. The van der Waals surface area contributed by atoms with Crippen molar-refractivity contribution in [3.63, 3.8) is 0 Å². The zero-order valence-corrected chi connectivity index (χ0v) is 10.3. The van der Waals surface area contributed by atoms with E-state index in [1.54, 1.807) is 12.1 Å². The van der Waals surface area contributed by atoms with E-state index in [4.69, 9.17) is 27.6 Å². The van der Waals surface area contributed by atoms with Crippen LogP contribution in [0.15, 0.2) is 28.7 Å². The summed E-state index contributed by atoms with van der Waals surface area (Å²) in [5.74, 6) is -0.207. The van der Waals surface area contributed by atoms with Gasteiger partial charge in [0.2, 0.25) is 0 Å². The molecule has 0 atom stereocenters. The Morgan fingerprint density at radius 2 is 1.82 bits per heavy atom. The maximum atomic E-state index is 13.2. The fraction of sp³-hybridized carbons (Fsp3) is 0.0833. The Balaban J connectivity index is 2.49. The summed E-state index contributed by atoms with van der Waals surface area (Å²) in [6, 6.07) is 5.94. The van der Waals surface area contributed by atoms with Gasteiger partial charge in [0.1, 0.15) is 5.76 Å². The van der Waals surface area contributed by atoms with Gasteiger partial charge in [-0.05, 0) is 24.3 Å². The number of rotatable bonds is 2. The molecule has 2 aromatic rings. The number of ketones is 1. The first-order valence-corrected chi connectivity index (χ1v) is 5.50. The van der Waals surface area contributed by atoms with Gasteiger partial charge in [-0.3, -0.25) is 4.79 Å². The molecule has 0 aliphatic heterocycles. The molecule has 2 nitrogen and oxygen atoms in total. The minimum absolute atomic E-state index is 0.0896. The van der Waals surface area contributed by atoms with Crippen molar-refractivity contribution in [2.45, 2.75) is 6.92 Å². The van der Waals surface area contributed by atoms with Crippen LogP contribution in [0, 0.1) is 5.82 Å². The van der Waals surface area contributed by atoms with Gasteiger partial charge >= 0.3 is 0 Å². The molecule has 88 valence electrons. The molecule has 0 amide bonds. The second-order valence-electron chi connectivity index (χ2n) is 3.47. The number of carbonyl (C=O) groups is 1. The van der Waals surface area contributed by atoms with Gasteiger partial charge < -0.3 is 4.42 Å². The lowest BCUT2D eigenvalue weighted by Gasteiger charge is -2.01. The Morgan fingerprint density at radius 3 is 2.29 bits per heavy atom. The van der Waals surface area contributed by atoms with Crippen molar-refractivity contribution in [1.82, 2.24) is 0 Å². The molecule has 2 rings (SSSR count). The van der Waals surface area contributed by atoms with Crippen LogP contribution in [0.2, 0.25) is 10.0 Å². The summed E-state index contributed by atoms with van der Waals surface area (Å²) in [7, 11) is 0. The van der Waals surface area contributed by atoms with Gasteiger partial charge in [0.15, 0.2) is 17.4 Å². The van der Waals surface area contributed by atoms with Crippen LogP contribution in [-0.2, 0) is 0 Å². The normalized spacial score (nSPS) is 10.6. The second-order valence-corrected chi connectivity index (χ2v) is 4.29. The molecule has 0 aliphatic carbocycles. The second kappa shape index (κ2) is 4.51. The van der Waals surface area contributed by atoms with Gasteiger partial charge in [0, 0.05) is 12.5 Å². The predicted octanol–water partition coefficient (Wildman–Crippen LogP) is 4.60. The Morgan fingerprint density at radius 1 is 1.24 bits per heavy atom. The van der Waals surface area contributed by atoms with Crippen LogP contribution < -0.4 is 0 Å². The molecule has 0 unspecified atom stereocenters. The van der Waals surface area contributed by atoms with E-state index in [1.807, 2.05) is 0 Å². The van der Waals surface area contributed by atoms with Crippen molar-refractivity contribution >= 4 is 29.0 Å². The minimum Gasteiger partial charge on any atom is -0.453 e. The Bertz CT molecular complexity index is 567. The largest absolute Gasteiger partial charge is 0.453 e. The van der Waals surface area contributed by atoms with E-state index in [-0.39, 0.29) is 21.6 Å². The van der Waals surface area contributed by atoms with Gasteiger partial charge in [0.05, 0.1) is 10.0 Å². The molecule has 5 heteroatoms. The zero-order valence-electron chi connectivity index (χ0n) is 8.76. The number of carbonyl (C=O) groups excluding carboxylic acids is 1. The Hall–Kier alpha value is -1.32. The molecule has 0 saturated heterocycles. The highest BCUT2D eigenvalue weighted by atomic mass is 35.5. The standard InChI is InChI=1S/C12H7Cl2FO2/c1-6(16)10-2-3-11(17-10)7-4-8(13)12(15)9(14)5-7/h2-5H,1H3.